The SMILES string of the molecule is COc1ccc2nc(NNC(=S)Nc3ccc(F)cc3)sc2c1. The largest absolute Gasteiger partial charge is 0.497 e. The number of aromatic nitrogens is 1. The van der Waals surface area contributed by atoms with Gasteiger partial charge in [0, 0.05) is 5.69 Å². The third-order valence-corrected chi connectivity index (χ3v) is 4.12. The summed E-state index contributed by atoms with van der Waals surface area (Å²) in [6.45, 7) is 0. The number of ether oxygens (including phenoxy) is 1. The quantitative estimate of drug-likeness (QED) is 0.493. The Bertz CT molecular complexity index is 835. The maximum atomic E-state index is 12.8. The number of nitrogens with zero attached hydrogens (tertiary/aromatic N) is 1. The van der Waals surface area contributed by atoms with E-state index >= 15 is 0 Å². The second kappa shape index (κ2) is 6.76. The molecule has 0 saturated heterocycles. The first-order valence-corrected chi connectivity index (χ1v) is 7.90. The van der Waals surface area contributed by atoms with Gasteiger partial charge in [-0.2, -0.15) is 0 Å². The summed E-state index contributed by atoms with van der Waals surface area (Å²) in [6, 6.07) is 11.6. The highest BCUT2D eigenvalue weighted by atomic mass is 32.1. The van der Waals surface area contributed by atoms with E-state index in [1.165, 1.54) is 23.5 Å². The lowest BCUT2D eigenvalue weighted by atomic mass is 10.3. The summed E-state index contributed by atoms with van der Waals surface area (Å²) in [5, 5.41) is 3.97. The van der Waals surface area contributed by atoms with E-state index in [0.29, 0.717) is 15.9 Å². The maximum absolute atomic E-state index is 12.8. The van der Waals surface area contributed by atoms with Crippen molar-refractivity contribution in [1.82, 2.24) is 10.4 Å². The molecule has 2 aromatic carbocycles. The third kappa shape index (κ3) is 3.85. The summed E-state index contributed by atoms with van der Waals surface area (Å²) in [4.78, 5) is 4.43. The van der Waals surface area contributed by atoms with E-state index in [2.05, 4.69) is 21.2 Å². The van der Waals surface area contributed by atoms with Gasteiger partial charge in [0.25, 0.3) is 0 Å². The Hall–Kier alpha value is -2.45. The minimum atomic E-state index is -0.294. The first-order valence-electron chi connectivity index (χ1n) is 6.67. The fourth-order valence-corrected chi connectivity index (χ4v) is 2.91. The van der Waals surface area contributed by atoms with E-state index in [1.807, 2.05) is 18.2 Å². The van der Waals surface area contributed by atoms with E-state index < -0.39 is 0 Å². The van der Waals surface area contributed by atoms with Crippen LogP contribution in [0.2, 0.25) is 0 Å². The van der Waals surface area contributed by atoms with Crippen molar-refractivity contribution in [3.63, 3.8) is 0 Å². The Morgan fingerprint density at radius 1 is 1.22 bits per heavy atom. The predicted octanol–water partition coefficient (Wildman–Crippen LogP) is 3.76. The molecule has 118 valence electrons. The van der Waals surface area contributed by atoms with Gasteiger partial charge in [-0.15, -0.1) is 0 Å². The zero-order chi connectivity index (χ0) is 16.2. The number of anilines is 2. The van der Waals surface area contributed by atoms with Gasteiger partial charge >= 0.3 is 0 Å². The Balaban J connectivity index is 1.61. The minimum absolute atomic E-state index is 0.294. The monoisotopic (exact) mass is 348 g/mol. The molecule has 0 radical (unpaired) electrons. The number of hydrazine groups is 1. The van der Waals surface area contributed by atoms with Crippen molar-refractivity contribution < 1.29 is 9.13 Å². The highest BCUT2D eigenvalue weighted by molar-refractivity contribution is 7.80. The fraction of sp³-hybridized carbons (Fsp3) is 0.0667. The number of hydrogen-bond donors (Lipinski definition) is 3. The minimum Gasteiger partial charge on any atom is -0.497 e. The number of thiazole rings is 1. The van der Waals surface area contributed by atoms with Crippen molar-refractivity contribution >= 4 is 49.7 Å². The molecule has 0 saturated carbocycles. The number of nitrogens with one attached hydrogen (secondary N) is 3. The van der Waals surface area contributed by atoms with Crippen LogP contribution < -0.4 is 20.9 Å². The molecule has 0 amide bonds. The molecule has 23 heavy (non-hydrogen) atoms. The van der Waals surface area contributed by atoms with E-state index in [1.54, 1.807) is 19.2 Å². The molecule has 3 rings (SSSR count). The lowest BCUT2D eigenvalue weighted by Crippen LogP contribution is -2.33. The summed E-state index contributed by atoms with van der Waals surface area (Å²) in [7, 11) is 1.63. The standard InChI is InChI=1S/C15H13FN4OS2/c1-21-11-6-7-12-13(8-11)23-15(18-12)20-19-14(22)17-10-4-2-9(16)3-5-10/h2-8H,1H3,(H,18,20)(H2,17,19,22). The Labute approximate surface area is 141 Å². The number of halogens is 1. The average Bonchev–Trinajstić information content (AvgIpc) is 2.97. The molecule has 0 fully saturated rings. The van der Waals surface area contributed by atoms with Crippen LogP contribution in [0.3, 0.4) is 0 Å². The van der Waals surface area contributed by atoms with Crippen LogP contribution in [0.15, 0.2) is 42.5 Å². The molecule has 0 aliphatic heterocycles. The van der Waals surface area contributed by atoms with Crippen LogP contribution in [0.1, 0.15) is 0 Å². The third-order valence-electron chi connectivity index (χ3n) is 2.98. The predicted molar refractivity (Wildman–Crippen MR) is 95.6 cm³/mol. The van der Waals surface area contributed by atoms with Crippen LogP contribution in [0.4, 0.5) is 15.2 Å². The first-order chi connectivity index (χ1) is 11.1. The van der Waals surface area contributed by atoms with Crippen LogP contribution >= 0.6 is 23.6 Å². The normalized spacial score (nSPS) is 10.3. The number of benzene rings is 2. The van der Waals surface area contributed by atoms with Gasteiger partial charge in [0.15, 0.2) is 5.11 Å². The number of fused-ring (bicyclic) bond motifs is 1. The van der Waals surface area contributed by atoms with Crippen molar-refractivity contribution in [3.05, 3.63) is 48.3 Å². The molecular formula is C15H13FN4OS2. The Kier molecular flexibility index (Phi) is 4.54. The number of methoxy groups -OCH3 is 1. The molecule has 5 nitrogen and oxygen atoms in total. The van der Waals surface area contributed by atoms with Gasteiger partial charge in [-0.25, -0.2) is 9.37 Å². The van der Waals surface area contributed by atoms with Crippen molar-refractivity contribution in [3.8, 4) is 5.75 Å². The topological polar surface area (TPSA) is 58.2 Å². The zero-order valence-electron chi connectivity index (χ0n) is 12.1. The van der Waals surface area contributed by atoms with E-state index in [9.17, 15) is 4.39 Å². The average molecular weight is 348 g/mol. The molecule has 0 spiro atoms. The van der Waals surface area contributed by atoms with Crippen molar-refractivity contribution in [2.75, 3.05) is 17.9 Å². The molecular weight excluding hydrogens is 335 g/mol. The van der Waals surface area contributed by atoms with Crippen LogP contribution in [0.25, 0.3) is 10.2 Å². The highest BCUT2D eigenvalue weighted by Crippen LogP contribution is 2.28. The Morgan fingerprint density at radius 2 is 2.00 bits per heavy atom. The van der Waals surface area contributed by atoms with E-state index in [0.717, 1.165) is 16.0 Å². The van der Waals surface area contributed by atoms with E-state index in [4.69, 9.17) is 17.0 Å². The summed E-state index contributed by atoms with van der Waals surface area (Å²) in [5.41, 5.74) is 7.35. The lowest BCUT2D eigenvalue weighted by molar-refractivity contribution is 0.415. The number of rotatable bonds is 4. The van der Waals surface area contributed by atoms with Crippen LogP contribution in [0, 0.1) is 5.82 Å². The fourth-order valence-electron chi connectivity index (χ4n) is 1.89. The van der Waals surface area contributed by atoms with Gasteiger partial charge in [-0.3, -0.25) is 10.9 Å². The van der Waals surface area contributed by atoms with Crippen molar-refractivity contribution in [2.45, 2.75) is 0 Å². The summed E-state index contributed by atoms with van der Waals surface area (Å²) >= 11 is 6.64. The first kappa shape index (κ1) is 15.4. The van der Waals surface area contributed by atoms with Crippen molar-refractivity contribution in [1.29, 1.82) is 0 Å². The maximum Gasteiger partial charge on any atom is 0.202 e. The molecule has 3 aromatic rings. The molecule has 1 aromatic heterocycles. The second-order valence-corrected chi connectivity index (χ2v) is 6.00. The zero-order valence-corrected chi connectivity index (χ0v) is 13.7. The van der Waals surface area contributed by atoms with Crippen LogP contribution in [-0.4, -0.2) is 17.2 Å². The van der Waals surface area contributed by atoms with Gasteiger partial charge in [0.05, 0.1) is 17.3 Å². The lowest BCUT2D eigenvalue weighted by Gasteiger charge is -2.10. The molecule has 0 aliphatic rings. The molecule has 0 atom stereocenters. The summed E-state index contributed by atoms with van der Waals surface area (Å²) < 4.78 is 19.0. The number of hydrogen-bond acceptors (Lipinski definition) is 5. The summed E-state index contributed by atoms with van der Waals surface area (Å²) in [5.74, 6) is 0.492. The smallest absolute Gasteiger partial charge is 0.202 e. The molecule has 3 N–H and O–H groups in total. The van der Waals surface area contributed by atoms with Gasteiger partial charge < -0.3 is 10.1 Å². The highest BCUT2D eigenvalue weighted by Gasteiger charge is 2.05. The van der Waals surface area contributed by atoms with Gasteiger partial charge in [0.2, 0.25) is 5.13 Å². The van der Waals surface area contributed by atoms with Crippen LogP contribution in [-0.2, 0) is 0 Å². The molecule has 8 heteroatoms. The molecule has 0 aliphatic carbocycles. The van der Waals surface area contributed by atoms with E-state index in [-0.39, 0.29) is 5.82 Å². The number of thiocarbonyl (C=S) groups is 1. The van der Waals surface area contributed by atoms with Gasteiger partial charge in [-0.05, 0) is 54.7 Å². The van der Waals surface area contributed by atoms with Crippen LogP contribution in [0.5, 0.6) is 5.75 Å². The molecule has 0 unspecified atom stereocenters. The molecule has 0 bridgehead atoms. The van der Waals surface area contributed by atoms with Gasteiger partial charge in [-0.1, -0.05) is 11.3 Å². The second-order valence-electron chi connectivity index (χ2n) is 4.56. The van der Waals surface area contributed by atoms with Crippen molar-refractivity contribution in [2.24, 2.45) is 0 Å². The molecule has 1 heterocycles. The summed E-state index contributed by atoms with van der Waals surface area (Å²) in [6.07, 6.45) is 0. The Morgan fingerprint density at radius 3 is 2.74 bits per heavy atom. The van der Waals surface area contributed by atoms with Gasteiger partial charge in [0.1, 0.15) is 11.6 Å².